The third-order valence-corrected chi connectivity index (χ3v) is 3.84. The van der Waals surface area contributed by atoms with Crippen LogP contribution in [0.1, 0.15) is 21.9 Å². The number of aryl methyl sites for hydroxylation is 2. The zero-order chi connectivity index (χ0) is 16.9. The molecule has 0 saturated heterocycles. The molecule has 3 aromatic rings. The maximum Gasteiger partial charge on any atom is 0.253 e. The van der Waals surface area contributed by atoms with Crippen LogP contribution >= 0.6 is 0 Å². The maximum absolute atomic E-state index is 12.3. The van der Waals surface area contributed by atoms with E-state index in [4.69, 9.17) is 0 Å². The predicted octanol–water partition coefficient (Wildman–Crippen LogP) is 2.16. The third kappa shape index (κ3) is 3.48. The fraction of sp³-hybridized carbons (Fsp3) is 0.222. The molecule has 0 aliphatic rings. The van der Waals surface area contributed by atoms with Crippen LogP contribution in [0, 0.1) is 6.92 Å². The number of pyridine rings is 1. The molecule has 0 aliphatic heterocycles. The summed E-state index contributed by atoms with van der Waals surface area (Å²) >= 11 is 0. The van der Waals surface area contributed by atoms with Gasteiger partial charge in [0, 0.05) is 25.6 Å². The number of hydrogen-bond acceptors (Lipinski definition) is 4. The van der Waals surface area contributed by atoms with Crippen LogP contribution in [0.15, 0.2) is 48.8 Å². The van der Waals surface area contributed by atoms with E-state index in [9.17, 15) is 4.79 Å². The highest BCUT2D eigenvalue weighted by atomic mass is 16.1. The van der Waals surface area contributed by atoms with Crippen molar-refractivity contribution in [1.82, 2.24) is 25.1 Å². The molecule has 24 heavy (non-hydrogen) atoms. The Balaban J connectivity index is 1.66. The molecule has 122 valence electrons. The van der Waals surface area contributed by atoms with Crippen molar-refractivity contribution in [3.05, 3.63) is 65.9 Å². The summed E-state index contributed by atoms with van der Waals surface area (Å²) in [6.45, 7) is 2.36. The van der Waals surface area contributed by atoms with Gasteiger partial charge >= 0.3 is 0 Å². The summed E-state index contributed by atoms with van der Waals surface area (Å²) in [5, 5.41) is 10.7. The van der Waals surface area contributed by atoms with Crippen LogP contribution in [-0.4, -0.2) is 32.2 Å². The first-order valence-electron chi connectivity index (χ1n) is 7.79. The molecule has 0 spiro atoms. The molecule has 0 bridgehead atoms. The zero-order valence-corrected chi connectivity index (χ0v) is 13.7. The monoisotopic (exact) mass is 321 g/mol. The molecular weight excluding hydrogens is 302 g/mol. The molecule has 6 heteroatoms. The minimum atomic E-state index is -0.123. The van der Waals surface area contributed by atoms with Gasteiger partial charge in [0.2, 0.25) is 0 Å². The Morgan fingerprint density at radius 2 is 1.96 bits per heavy atom. The van der Waals surface area contributed by atoms with Gasteiger partial charge in [-0.2, -0.15) is 0 Å². The highest BCUT2D eigenvalue weighted by Gasteiger charge is 2.11. The maximum atomic E-state index is 12.3. The van der Waals surface area contributed by atoms with Crippen LogP contribution in [0.5, 0.6) is 0 Å². The van der Waals surface area contributed by atoms with E-state index < -0.39 is 0 Å². The lowest BCUT2D eigenvalue weighted by molar-refractivity contribution is 0.0953. The van der Waals surface area contributed by atoms with Gasteiger partial charge in [0.25, 0.3) is 5.91 Å². The molecule has 0 atom stereocenters. The lowest BCUT2D eigenvalue weighted by Crippen LogP contribution is -2.27. The van der Waals surface area contributed by atoms with E-state index in [-0.39, 0.29) is 5.91 Å². The quantitative estimate of drug-likeness (QED) is 0.781. The molecule has 0 saturated carbocycles. The van der Waals surface area contributed by atoms with E-state index in [1.54, 1.807) is 6.33 Å². The number of hydrogen-bond donors (Lipinski definition) is 1. The van der Waals surface area contributed by atoms with Crippen LogP contribution in [0.3, 0.4) is 0 Å². The fourth-order valence-corrected chi connectivity index (χ4v) is 2.49. The van der Waals surface area contributed by atoms with E-state index in [0.29, 0.717) is 24.2 Å². The van der Waals surface area contributed by atoms with E-state index in [1.165, 1.54) is 0 Å². The van der Waals surface area contributed by atoms with E-state index in [1.807, 2.05) is 61.0 Å². The smallest absolute Gasteiger partial charge is 0.253 e. The fourth-order valence-electron chi connectivity index (χ4n) is 2.49. The van der Waals surface area contributed by atoms with Gasteiger partial charge in [0.05, 0.1) is 17.0 Å². The topological polar surface area (TPSA) is 72.7 Å². The molecule has 0 radical (unpaired) electrons. The highest BCUT2D eigenvalue weighted by Crippen LogP contribution is 2.18. The Kier molecular flexibility index (Phi) is 4.65. The molecule has 0 fully saturated rings. The van der Waals surface area contributed by atoms with Crippen LogP contribution in [0.25, 0.3) is 11.3 Å². The summed E-state index contributed by atoms with van der Waals surface area (Å²) in [5.74, 6) is 0.714. The number of amides is 1. The van der Waals surface area contributed by atoms with Gasteiger partial charge in [-0.15, -0.1) is 10.2 Å². The molecule has 2 aromatic heterocycles. The second-order valence-corrected chi connectivity index (χ2v) is 5.56. The van der Waals surface area contributed by atoms with Crippen molar-refractivity contribution in [2.75, 3.05) is 6.54 Å². The average molecular weight is 321 g/mol. The van der Waals surface area contributed by atoms with Gasteiger partial charge in [-0.05, 0) is 19.1 Å². The number of nitrogens with one attached hydrogen (secondary N) is 1. The molecular formula is C18H19N5O. The largest absolute Gasteiger partial charge is 0.352 e. The Morgan fingerprint density at radius 1 is 1.17 bits per heavy atom. The Bertz CT molecular complexity index is 842. The van der Waals surface area contributed by atoms with Crippen molar-refractivity contribution in [2.24, 2.45) is 7.05 Å². The zero-order valence-electron chi connectivity index (χ0n) is 13.7. The van der Waals surface area contributed by atoms with Gasteiger partial charge in [0.1, 0.15) is 12.2 Å². The summed E-state index contributed by atoms with van der Waals surface area (Å²) in [6, 6.07) is 13.6. The van der Waals surface area contributed by atoms with Gasteiger partial charge in [0.15, 0.2) is 0 Å². The van der Waals surface area contributed by atoms with Crippen molar-refractivity contribution in [1.29, 1.82) is 0 Å². The Labute approximate surface area is 140 Å². The number of aromatic nitrogens is 4. The van der Waals surface area contributed by atoms with E-state index in [2.05, 4.69) is 20.5 Å². The van der Waals surface area contributed by atoms with E-state index >= 15 is 0 Å². The third-order valence-electron chi connectivity index (χ3n) is 3.84. The van der Waals surface area contributed by atoms with Gasteiger partial charge < -0.3 is 9.88 Å². The molecule has 1 amide bonds. The summed E-state index contributed by atoms with van der Waals surface area (Å²) in [4.78, 5) is 16.9. The van der Waals surface area contributed by atoms with Crippen LogP contribution < -0.4 is 5.32 Å². The Hall–Kier alpha value is -3.02. The molecule has 0 aliphatic carbocycles. The first-order valence-corrected chi connectivity index (χ1v) is 7.79. The molecule has 6 nitrogen and oxygen atoms in total. The average Bonchev–Trinajstić information content (AvgIpc) is 3.00. The number of rotatable bonds is 5. The number of benzene rings is 1. The number of nitrogens with zero attached hydrogens (tertiary/aromatic N) is 4. The minimum Gasteiger partial charge on any atom is -0.352 e. The molecule has 1 aromatic carbocycles. The SMILES string of the molecule is Cc1nc(-c2ccccc2)ccc1C(=O)NCCc1nncn1C. The van der Waals surface area contributed by atoms with Crippen molar-refractivity contribution >= 4 is 5.91 Å². The second-order valence-electron chi connectivity index (χ2n) is 5.56. The molecule has 0 unspecified atom stereocenters. The van der Waals surface area contributed by atoms with Crippen molar-refractivity contribution in [3.63, 3.8) is 0 Å². The van der Waals surface area contributed by atoms with Gasteiger partial charge in [-0.1, -0.05) is 30.3 Å². The predicted molar refractivity (Wildman–Crippen MR) is 91.5 cm³/mol. The molecule has 3 rings (SSSR count). The molecule has 2 heterocycles. The van der Waals surface area contributed by atoms with Crippen molar-refractivity contribution < 1.29 is 4.79 Å². The highest BCUT2D eigenvalue weighted by molar-refractivity contribution is 5.95. The van der Waals surface area contributed by atoms with Crippen LogP contribution in [0.2, 0.25) is 0 Å². The second kappa shape index (κ2) is 7.04. The lowest BCUT2D eigenvalue weighted by Gasteiger charge is -2.09. The summed E-state index contributed by atoms with van der Waals surface area (Å²) in [6.07, 6.45) is 2.28. The van der Waals surface area contributed by atoms with Crippen LogP contribution in [-0.2, 0) is 13.5 Å². The van der Waals surface area contributed by atoms with E-state index in [0.717, 1.165) is 17.1 Å². The van der Waals surface area contributed by atoms with Crippen molar-refractivity contribution in [2.45, 2.75) is 13.3 Å². The van der Waals surface area contributed by atoms with Gasteiger partial charge in [-0.25, -0.2) is 0 Å². The molecule has 1 N–H and O–H groups in total. The van der Waals surface area contributed by atoms with Gasteiger partial charge in [-0.3, -0.25) is 9.78 Å². The summed E-state index contributed by atoms with van der Waals surface area (Å²) < 4.78 is 1.84. The first kappa shape index (κ1) is 15.9. The summed E-state index contributed by atoms with van der Waals surface area (Å²) in [5.41, 5.74) is 3.21. The lowest BCUT2D eigenvalue weighted by atomic mass is 10.1. The minimum absolute atomic E-state index is 0.123. The normalized spacial score (nSPS) is 10.6. The number of carbonyl (C=O) groups excluding carboxylic acids is 1. The summed E-state index contributed by atoms with van der Waals surface area (Å²) in [7, 11) is 1.88. The first-order chi connectivity index (χ1) is 11.6. The Morgan fingerprint density at radius 3 is 2.62 bits per heavy atom. The standard InChI is InChI=1S/C18H19N5O/c1-13-15(8-9-16(21-13)14-6-4-3-5-7-14)18(24)19-11-10-17-22-20-12-23(17)2/h3-9,12H,10-11H2,1-2H3,(H,19,24). The van der Waals surface area contributed by atoms with Crippen LogP contribution in [0.4, 0.5) is 0 Å². The number of carbonyl (C=O) groups is 1. The van der Waals surface area contributed by atoms with Crippen molar-refractivity contribution in [3.8, 4) is 11.3 Å².